The van der Waals surface area contributed by atoms with Crippen molar-refractivity contribution in [3.63, 3.8) is 0 Å². The van der Waals surface area contributed by atoms with Gasteiger partial charge in [0.1, 0.15) is 23.3 Å². The number of amides is 2. The Kier molecular flexibility index (Phi) is 16.3. The van der Waals surface area contributed by atoms with Crippen LogP contribution >= 0.6 is 0 Å². The third-order valence-corrected chi connectivity index (χ3v) is 10.7. The molecule has 2 aromatic carbocycles. The second-order valence-corrected chi connectivity index (χ2v) is 15.3. The number of aliphatic imine (C=N–C) groups is 1. The van der Waals surface area contributed by atoms with Gasteiger partial charge in [-0.15, -0.1) is 0 Å². The van der Waals surface area contributed by atoms with E-state index in [1.165, 1.54) is 32.4 Å². The molecule has 0 saturated carbocycles. The van der Waals surface area contributed by atoms with Gasteiger partial charge >= 0.3 is 6.09 Å². The van der Waals surface area contributed by atoms with E-state index in [1.54, 1.807) is 56.5 Å². The van der Waals surface area contributed by atoms with Gasteiger partial charge in [-0.3, -0.25) is 14.6 Å². The summed E-state index contributed by atoms with van der Waals surface area (Å²) >= 11 is 0. The fraction of sp³-hybridized carbons (Fsp3) is 0.435. The molecule has 1 fully saturated rings. The highest BCUT2D eigenvalue weighted by atomic mass is 16.6. The summed E-state index contributed by atoms with van der Waals surface area (Å²) in [4.78, 5) is 44.8. The minimum atomic E-state index is -1.01. The number of phenols is 2. The number of aliphatic hydroxyl groups excluding tert-OH is 1. The average molecular weight is 841 g/mol. The Morgan fingerprint density at radius 3 is 2.57 bits per heavy atom. The molecule has 6 N–H and O–H groups in total. The van der Waals surface area contributed by atoms with Crippen LogP contribution in [0.2, 0.25) is 0 Å². The second-order valence-electron chi connectivity index (χ2n) is 15.3. The van der Waals surface area contributed by atoms with Crippen molar-refractivity contribution >= 4 is 46.4 Å². The number of anilines is 2. The lowest BCUT2D eigenvalue weighted by Gasteiger charge is -2.29. The van der Waals surface area contributed by atoms with Crippen molar-refractivity contribution < 1.29 is 48.3 Å². The van der Waals surface area contributed by atoms with Crippen LogP contribution in [-0.2, 0) is 30.2 Å². The zero-order chi connectivity index (χ0) is 44.2. The minimum absolute atomic E-state index is 0.0239. The van der Waals surface area contributed by atoms with Crippen LogP contribution in [0.15, 0.2) is 80.0 Å². The highest BCUT2D eigenvalue weighted by molar-refractivity contribution is 6.05. The van der Waals surface area contributed by atoms with Gasteiger partial charge in [0.05, 0.1) is 42.1 Å². The van der Waals surface area contributed by atoms with Crippen molar-refractivity contribution in [1.29, 1.82) is 0 Å². The van der Waals surface area contributed by atoms with Gasteiger partial charge in [0, 0.05) is 69.1 Å². The van der Waals surface area contributed by atoms with Crippen LogP contribution in [0, 0.1) is 23.7 Å². The largest absolute Gasteiger partial charge is 0.506 e. The number of hydrogen-bond donors (Lipinski definition) is 5. The number of benzene rings is 2. The maximum absolute atomic E-state index is 13.3. The normalized spacial score (nSPS) is 23.2. The molecule has 15 heteroatoms. The number of unbranched alkanes of at least 4 members (excludes halogenated alkanes) is 1. The van der Waals surface area contributed by atoms with Gasteiger partial charge in [-0.1, -0.05) is 56.1 Å². The monoisotopic (exact) mass is 840 g/mol. The first kappa shape index (κ1) is 46.2. The number of phenolic OH excluding ortho intramolecular Hbond substituents is 2. The van der Waals surface area contributed by atoms with Gasteiger partial charge in [-0.05, 0) is 56.7 Å². The van der Waals surface area contributed by atoms with Crippen molar-refractivity contribution in [2.45, 2.75) is 77.8 Å². The van der Waals surface area contributed by atoms with Gasteiger partial charge in [0.25, 0.3) is 5.91 Å². The molecule has 6 atom stereocenters. The average Bonchev–Trinajstić information content (AvgIpc) is 3.24. The van der Waals surface area contributed by atoms with E-state index in [2.05, 4.69) is 22.2 Å². The topological polar surface area (TPSA) is 216 Å². The Morgan fingerprint density at radius 2 is 1.87 bits per heavy atom. The van der Waals surface area contributed by atoms with E-state index < -0.39 is 42.3 Å². The maximum Gasteiger partial charge on any atom is 0.405 e. The molecule has 5 rings (SSSR count). The molecule has 1 aromatic heterocycles. The number of fused-ring (bicyclic) bond motifs is 3. The van der Waals surface area contributed by atoms with Gasteiger partial charge in [-0.25, -0.2) is 4.79 Å². The number of ether oxygens (including phenoxy) is 4. The molecule has 0 aliphatic carbocycles. The molecule has 61 heavy (non-hydrogen) atoms. The van der Waals surface area contributed by atoms with Crippen LogP contribution in [0.25, 0.3) is 11.0 Å². The number of allylic oxidation sites excluding steroid dienone is 2. The summed E-state index contributed by atoms with van der Waals surface area (Å²) in [5.74, 6) is 4.91. The summed E-state index contributed by atoms with van der Waals surface area (Å²) in [6, 6.07) is 8.01. The fourth-order valence-corrected chi connectivity index (χ4v) is 7.39. The number of carbonyl (C=O) groups is 2. The summed E-state index contributed by atoms with van der Waals surface area (Å²) < 4.78 is 28.4. The van der Waals surface area contributed by atoms with E-state index in [-0.39, 0.29) is 51.8 Å². The van der Waals surface area contributed by atoms with E-state index >= 15 is 0 Å². The molecular weight excluding hydrogens is 785 g/mol. The number of primary amides is 1. The molecule has 2 aliphatic rings. The smallest absolute Gasteiger partial charge is 0.405 e. The number of para-hydroxylation sites is 1. The van der Waals surface area contributed by atoms with Crippen LogP contribution in [0.3, 0.4) is 0 Å². The lowest BCUT2D eigenvalue weighted by molar-refractivity contribution is -0.112. The van der Waals surface area contributed by atoms with Crippen molar-refractivity contribution in [3.05, 3.63) is 87.1 Å². The summed E-state index contributed by atoms with van der Waals surface area (Å²) in [5, 5.41) is 37.6. The summed E-state index contributed by atoms with van der Waals surface area (Å²) in [6.45, 7) is 9.35. The number of rotatable bonds is 7. The summed E-state index contributed by atoms with van der Waals surface area (Å²) in [7, 11) is 2.93. The molecule has 1 saturated heterocycles. The Balaban J connectivity index is 1.43. The van der Waals surface area contributed by atoms with Crippen molar-refractivity contribution in [3.8, 4) is 23.3 Å². The number of nitrogens with two attached hydrogens (primary N) is 1. The molecule has 3 aromatic rings. The fourth-order valence-electron chi connectivity index (χ4n) is 7.39. The Bertz CT molecular complexity index is 2300. The first-order valence-electron chi connectivity index (χ1n) is 20.3. The minimum Gasteiger partial charge on any atom is -0.506 e. The first-order valence-corrected chi connectivity index (χ1v) is 20.3. The third-order valence-electron chi connectivity index (χ3n) is 10.7. The lowest BCUT2D eigenvalue weighted by atomic mass is 9.87. The van der Waals surface area contributed by atoms with Crippen molar-refractivity contribution in [2.75, 3.05) is 50.7 Å². The Hall–Kier alpha value is -5.92. The van der Waals surface area contributed by atoms with E-state index in [0.29, 0.717) is 73.6 Å². The van der Waals surface area contributed by atoms with E-state index in [1.807, 2.05) is 18.7 Å². The number of nitrogens with one attached hydrogen (secondary N) is 1. The maximum atomic E-state index is 13.3. The number of hydrogen-bond acceptors (Lipinski definition) is 13. The summed E-state index contributed by atoms with van der Waals surface area (Å²) in [6.07, 6.45) is 4.91. The molecule has 0 spiro atoms. The van der Waals surface area contributed by atoms with Crippen molar-refractivity contribution in [2.24, 2.45) is 22.6 Å². The number of morpholine rings is 1. The highest BCUT2D eigenvalue weighted by Crippen LogP contribution is 2.44. The van der Waals surface area contributed by atoms with E-state index in [4.69, 9.17) is 29.1 Å². The number of aromatic hydroxyl groups is 2. The molecule has 326 valence electrons. The molecule has 0 radical (unpaired) electrons. The Labute approximate surface area is 355 Å². The number of carbonyl (C=O) groups excluding carboxylic acids is 2. The SMILES string of the molecule is CO[C@H]1C=CC=C(C)C(=O)Nc2cc(O)c(N=CCCC#Cc3cccc4c(=O)cc(N5CCOCC5)oc34)c(c2O)C[C@@H](C)C[C@H](OC)[C@H](O)[C@@H](C)C=C(C)[C@@H]1OC(N)=O. The predicted octanol–water partition coefficient (Wildman–Crippen LogP) is 6.04. The first-order chi connectivity index (χ1) is 29.2. The zero-order valence-electron chi connectivity index (χ0n) is 35.5. The third kappa shape index (κ3) is 11.9. The predicted molar refractivity (Wildman–Crippen MR) is 234 cm³/mol. The highest BCUT2D eigenvalue weighted by Gasteiger charge is 2.30. The summed E-state index contributed by atoms with van der Waals surface area (Å²) in [5.41, 5.74) is 7.46. The number of aliphatic hydroxyl groups is 1. The lowest BCUT2D eigenvalue weighted by Crippen LogP contribution is -2.37. The quantitative estimate of drug-likeness (QED) is 0.0460. The molecule has 0 unspecified atom stereocenters. The number of methoxy groups -OCH3 is 2. The zero-order valence-corrected chi connectivity index (χ0v) is 35.5. The second kappa shape index (κ2) is 21.6. The van der Waals surface area contributed by atoms with Crippen molar-refractivity contribution in [1.82, 2.24) is 0 Å². The molecule has 2 bridgehead atoms. The standard InChI is InChI=1S/C46H56N4O11/c1-27-22-33-40(48-17-9-7-8-13-31-14-11-15-32-35(51)26-39(60-44(31)32)50-18-20-59-21-19-50)36(52)25-34(42(33)54)49-45(55)28(2)12-10-16-37(57-5)43(61-46(47)56)30(4)24-29(3)41(53)38(23-27)58-6/h10-12,14-17,24-27,29,37-38,41,43,52-54H,7,9,18-23H2,1-6H3,(H2,47,56)(H,49,55)/t27-,29+,37+,38+,41-,43+/m1/s1. The molecular formula is C46H56N4O11. The van der Waals surface area contributed by atoms with E-state index in [9.17, 15) is 29.7 Å². The van der Waals surface area contributed by atoms with Gasteiger partial charge in [0.15, 0.2) is 23.0 Å². The van der Waals surface area contributed by atoms with Crippen LogP contribution in [0.4, 0.5) is 22.1 Å². The molecule has 15 nitrogen and oxygen atoms in total. The van der Waals surface area contributed by atoms with Gasteiger partial charge in [-0.2, -0.15) is 0 Å². The Morgan fingerprint density at radius 1 is 1.11 bits per heavy atom. The van der Waals surface area contributed by atoms with Crippen LogP contribution < -0.4 is 21.4 Å². The van der Waals surface area contributed by atoms with Gasteiger partial charge < -0.3 is 54.6 Å². The van der Waals surface area contributed by atoms with Crippen LogP contribution in [0.1, 0.15) is 58.1 Å². The molecule has 2 amide bonds. The number of nitrogens with zero attached hydrogens (tertiary/aromatic N) is 2. The van der Waals surface area contributed by atoms with E-state index in [0.717, 1.165) is 0 Å². The molecule has 2 aliphatic heterocycles. The van der Waals surface area contributed by atoms with Crippen LogP contribution in [-0.4, -0.2) is 98.5 Å². The molecule has 3 heterocycles. The van der Waals surface area contributed by atoms with Crippen LogP contribution in [0.5, 0.6) is 11.5 Å². The van der Waals surface area contributed by atoms with Gasteiger partial charge in [0.2, 0.25) is 0 Å².